The number of hydrogen-bond donors (Lipinski definition) is 1. The molecule has 20 heavy (non-hydrogen) atoms. The highest BCUT2D eigenvalue weighted by Crippen LogP contribution is 2.25. The Morgan fingerprint density at radius 1 is 1.20 bits per heavy atom. The summed E-state index contributed by atoms with van der Waals surface area (Å²) >= 11 is 0. The van der Waals surface area contributed by atoms with Gasteiger partial charge >= 0.3 is 6.01 Å². The number of nitrogens with zero attached hydrogens (tertiary/aromatic N) is 3. The summed E-state index contributed by atoms with van der Waals surface area (Å²) in [6.07, 6.45) is 2.51. The van der Waals surface area contributed by atoms with Crippen LogP contribution in [0.1, 0.15) is 29.9 Å². The predicted octanol–water partition coefficient (Wildman–Crippen LogP) is 2.71. The highest BCUT2D eigenvalue weighted by molar-refractivity contribution is 5.57. The third kappa shape index (κ3) is 2.99. The third-order valence-corrected chi connectivity index (χ3v) is 3.46. The van der Waals surface area contributed by atoms with Gasteiger partial charge in [-0.1, -0.05) is 11.2 Å². The molecule has 5 nitrogen and oxygen atoms in total. The van der Waals surface area contributed by atoms with Crippen LogP contribution in [-0.2, 0) is 6.54 Å². The van der Waals surface area contributed by atoms with Crippen molar-refractivity contribution in [2.75, 3.05) is 11.9 Å². The molecule has 0 amide bonds. The predicted molar refractivity (Wildman–Crippen MR) is 78.1 cm³/mol. The number of benzene rings is 1. The van der Waals surface area contributed by atoms with Crippen molar-refractivity contribution in [2.45, 2.75) is 39.3 Å². The molecule has 0 atom stereocenters. The van der Waals surface area contributed by atoms with E-state index in [0.29, 0.717) is 24.5 Å². The van der Waals surface area contributed by atoms with Gasteiger partial charge in [-0.2, -0.15) is 0 Å². The molecule has 0 saturated heterocycles. The smallest absolute Gasteiger partial charge is 0.322 e. The van der Waals surface area contributed by atoms with Crippen molar-refractivity contribution >= 4 is 11.7 Å². The molecule has 1 aliphatic carbocycles. The summed E-state index contributed by atoms with van der Waals surface area (Å²) in [6, 6.07) is 7.54. The van der Waals surface area contributed by atoms with Gasteiger partial charge in [0.25, 0.3) is 0 Å². The van der Waals surface area contributed by atoms with Gasteiger partial charge in [-0.3, -0.25) is 4.90 Å². The molecule has 5 heteroatoms. The zero-order valence-corrected chi connectivity index (χ0v) is 12.2. The van der Waals surface area contributed by atoms with E-state index < -0.39 is 0 Å². The number of hydrogen-bond acceptors (Lipinski definition) is 5. The topological polar surface area (TPSA) is 54.2 Å². The molecule has 1 N–H and O–H groups in total. The molecule has 2 aromatic rings. The van der Waals surface area contributed by atoms with Gasteiger partial charge in [-0.05, 0) is 49.9 Å². The first-order chi connectivity index (χ1) is 9.61. The second kappa shape index (κ2) is 5.25. The van der Waals surface area contributed by atoms with Crippen LogP contribution in [-0.4, -0.2) is 23.3 Å². The fourth-order valence-corrected chi connectivity index (χ4v) is 2.23. The average Bonchev–Trinajstić information content (AvgIpc) is 3.11. The Balaban J connectivity index is 1.73. The first-order valence-corrected chi connectivity index (χ1v) is 6.99. The van der Waals surface area contributed by atoms with E-state index in [2.05, 4.69) is 47.6 Å². The Kier molecular flexibility index (Phi) is 3.44. The van der Waals surface area contributed by atoms with Gasteiger partial charge < -0.3 is 9.73 Å². The van der Waals surface area contributed by atoms with Crippen LogP contribution in [0.3, 0.4) is 0 Å². The summed E-state index contributed by atoms with van der Waals surface area (Å²) in [5, 5.41) is 11.6. The minimum absolute atomic E-state index is 0.530. The van der Waals surface area contributed by atoms with Gasteiger partial charge in [-0.15, -0.1) is 5.10 Å². The van der Waals surface area contributed by atoms with Gasteiger partial charge in [-0.25, -0.2) is 0 Å². The first-order valence-electron chi connectivity index (χ1n) is 6.99. The Hall–Kier alpha value is -1.88. The molecule has 0 unspecified atom stereocenters. The molecular formula is C15H20N4O. The van der Waals surface area contributed by atoms with Crippen LogP contribution < -0.4 is 10.2 Å². The maximum absolute atomic E-state index is 5.70. The van der Waals surface area contributed by atoms with E-state index >= 15 is 0 Å². The summed E-state index contributed by atoms with van der Waals surface area (Å²) in [7, 11) is 1.94. The second-order valence-corrected chi connectivity index (χ2v) is 5.54. The standard InChI is InChI=1S/C15H20N4O/c1-10-6-11(2)8-13(7-10)19(3)15-18-17-14(20-15)9-16-12-4-5-12/h6-8,12,16H,4-5,9H2,1-3H3. The van der Waals surface area contributed by atoms with E-state index in [9.17, 15) is 0 Å². The Labute approximate surface area is 119 Å². The lowest BCUT2D eigenvalue weighted by Crippen LogP contribution is -2.15. The Morgan fingerprint density at radius 3 is 2.55 bits per heavy atom. The molecule has 1 aliphatic rings. The number of aryl methyl sites for hydroxylation is 2. The fraction of sp³-hybridized carbons (Fsp3) is 0.467. The molecule has 1 fully saturated rings. The summed E-state index contributed by atoms with van der Waals surface area (Å²) < 4.78 is 5.70. The van der Waals surface area contributed by atoms with Gasteiger partial charge in [0.15, 0.2) is 0 Å². The van der Waals surface area contributed by atoms with E-state index in [0.717, 1.165) is 5.69 Å². The minimum atomic E-state index is 0.530. The lowest BCUT2D eigenvalue weighted by Gasteiger charge is -2.15. The molecule has 0 spiro atoms. The summed E-state index contributed by atoms with van der Waals surface area (Å²) in [6.45, 7) is 4.82. The molecule has 0 bridgehead atoms. The van der Waals surface area contributed by atoms with Crippen molar-refractivity contribution in [1.29, 1.82) is 0 Å². The minimum Gasteiger partial charge on any atom is -0.406 e. The lowest BCUT2D eigenvalue weighted by molar-refractivity contribution is 0.471. The quantitative estimate of drug-likeness (QED) is 0.907. The normalized spacial score (nSPS) is 14.6. The maximum atomic E-state index is 5.70. The van der Waals surface area contributed by atoms with Crippen LogP contribution in [0, 0.1) is 13.8 Å². The SMILES string of the molecule is Cc1cc(C)cc(N(C)c2nnc(CNC3CC3)o2)c1. The second-order valence-electron chi connectivity index (χ2n) is 5.54. The number of aromatic nitrogens is 2. The Bertz CT molecular complexity index is 583. The monoisotopic (exact) mass is 272 g/mol. The maximum Gasteiger partial charge on any atom is 0.322 e. The van der Waals surface area contributed by atoms with Crippen molar-refractivity contribution in [3.05, 3.63) is 35.2 Å². The van der Waals surface area contributed by atoms with Crippen molar-refractivity contribution in [1.82, 2.24) is 15.5 Å². The van der Waals surface area contributed by atoms with Crippen LogP contribution in [0.15, 0.2) is 22.6 Å². The van der Waals surface area contributed by atoms with Gasteiger partial charge in [0.05, 0.1) is 6.54 Å². The zero-order chi connectivity index (χ0) is 14.1. The summed E-state index contributed by atoms with van der Waals surface area (Å²) in [5.41, 5.74) is 3.51. The number of nitrogens with one attached hydrogen (secondary N) is 1. The molecule has 1 aromatic carbocycles. The van der Waals surface area contributed by atoms with E-state index in [1.54, 1.807) is 0 Å². The zero-order valence-electron chi connectivity index (χ0n) is 12.2. The summed E-state index contributed by atoms with van der Waals surface area (Å²) in [4.78, 5) is 1.92. The van der Waals surface area contributed by atoms with Crippen molar-refractivity contribution in [3.8, 4) is 0 Å². The molecule has 106 valence electrons. The van der Waals surface area contributed by atoms with E-state index in [1.807, 2.05) is 11.9 Å². The highest BCUT2D eigenvalue weighted by atomic mass is 16.4. The molecule has 0 radical (unpaired) electrons. The van der Waals surface area contributed by atoms with Crippen molar-refractivity contribution in [3.63, 3.8) is 0 Å². The number of anilines is 2. The molecular weight excluding hydrogens is 252 g/mol. The lowest BCUT2D eigenvalue weighted by atomic mass is 10.1. The van der Waals surface area contributed by atoms with Crippen LogP contribution in [0.2, 0.25) is 0 Å². The largest absolute Gasteiger partial charge is 0.406 e. The van der Waals surface area contributed by atoms with E-state index in [4.69, 9.17) is 4.42 Å². The molecule has 1 aromatic heterocycles. The molecule has 1 saturated carbocycles. The third-order valence-electron chi connectivity index (χ3n) is 3.46. The van der Waals surface area contributed by atoms with Gasteiger partial charge in [0.2, 0.25) is 5.89 Å². The first kappa shape index (κ1) is 13.1. The van der Waals surface area contributed by atoms with Crippen LogP contribution >= 0.6 is 0 Å². The highest BCUT2D eigenvalue weighted by Gasteiger charge is 2.21. The Morgan fingerprint density at radius 2 is 1.90 bits per heavy atom. The number of rotatable bonds is 5. The molecule has 3 rings (SSSR count). The fourth-order valence-electron chi connectivity index (χ4n) is 2.23. The van der Waals surface area contributed by atoms with Crippen molar-refractivity contribution in [2.24, 2.45) is 0 Å². The summed E-state index contributed by atoms with van der Waals surface area (Å²) in [5.74, 6) is 0.642. The van der Waals surface area contributed by atoms with Crippen LogP contribution in [0.4, 0.5) is 11.7 Å². The molecule has 1 heterocycles. The van der Waals surface area contributed by atoms with Crippen LogP contribution in [0.25, 0.3) is 0 Å². The van der Waals surface area contributed by atoms with E-state index in [1.165, 1.54) is 24.0 Å². The van der Waals surface area contributed by atoms with Crippen LogP contribution in [0.5, 0.6) is 0 Å². The van der Waals surface area contributed by atoms with Crippen molar-refractivity contribution < 1.29 is 4.42 Å². The van der Waals surface area contributed by atoms with Gasteiger partial charge in [0, 0.05) is 18.8 Å². The van der Waals surface area contributed by atoms with E-state index in [-0.39, 0.29) is 0 Å². The van der Waals surface area contributed by atoms with Gasteiger partial charge in [0.1, 0.15) is 0 Å². The average molecular weight is 272 g/mol. The molecule has 0 aliphatic heterocycles.